The van der Waals surface area contributed by atoms with E-state index in [-0.39, 0.29) is 28.8 Å². The number of β-lactam (4-membered cyclic amide) rings is 1. The van der Waals surface area contributed by atoms with Crippen LogP contribution < -0.4 is 21.4 Å². The Labute approximate surface area is 222 Å². The minimum atomic E-state index is -1.25. The number of thioether (sulfide) groups is 1. The van der Waals surface area contributed by atoms with Crippen LogP contribution >= 0.6 is 23.1 Å². The zero-order valence-corrected chi connectivity index (χ0v) is 21.4. The Balaban J connectivity index is 1.36. The van der Waals surface area contributed by atoms with Crippen LogP contribution in [0.4, 0.5) is 5.13 Å². The summed E-state index contributed by atoms with van der Waals surface area (Å²) < 4.78 is 3.39. The number of aromatic nitrogens is 3. The average molecular weight is 558 g/mol. The highest BCUT2D eigenvalue weighted by molar-refractivity contribution is 8.00. The summed E-state index contributed by atoms with van der Waals surface area (Å²) in [5.41, 5.74) is 12.5. The Kier molecular flexibility index (Phi) is 6.50. The van der Waals surface area contributed by atoms with Crippen molar-refractivity contribution in [3.63, 3.8) is 0 Å². The van der Waals surface area contributed by atoms with Crippen molar-refractivity contribution in [2.75, 3.05) is 18.6 Å². The van der Waals surface area contributed by atoms with E-state index in [1.807, 2.05) is 0 Å². The normalized spacial score (nSPS) is 19.2. The summed E-state index contributed by atoms with van der Waals surface area (Å²) in [6, 6.07) is 2.37. The second-order valence-electron chi connectivity index (χ2n) is 8.29. The molecule has 3 aromatic rings. The van der Waals surface area contributed by atoms with Gasteiger partial charge in [0.2, 0.25) is 0 Å². The first kappa shape index (κ1) is 25.2. The van der Waals surface area contributed by atoms with Gasteiger partial charge < -0.3 is 31.1 Å². The molecule has 16 heteroatoms. The fourth-order valence-corrected chi connectivity index (χ4v) is 6.21. The number of nitrogen functional groups attached to an aromatic ring is 1. The summed E-state index contributed by atoms with van der Waals surface area (Å²) in [6.45, 7) is 0.200. The lowest BCUT2D eigenvalue weighted by molar-refractivity contribution is -0.688. The van der Waals surface area contributed by atoms with E-state index in [9.17, 15) is 24.3 Å². The molecule has 0 unspecified atom stereocenters. The van der Waals surface area contributed by atoms with Gasteiger partial charge in [0.1, 0.15) is 41.1 Å². The number of thiazole rings is 1. The smallest absolute Gasteiger partial charge is 0.352 e. The monoisotopic (exact) mass is 557 g/mol. The van der Waals surface area contributed by atoms with Crippen LogP contribution in [0.5, 0.6) is 0 Å². The number of nitrogens with zero attached hydrogens (tertiary/aromatic N) is 5. The molecular formula is C22H21N8O6S2+. The van der Waals surface area contributed by atoms with Crippen LogP contribution in [0.3, 0.4) is 0 Å². The highest BCUT2D eigenvalue weighted by atomic mass is 32.2. The van der Waals surface area contributed by atoms with E-state index < -0.39 is 35.1 Å². The predicted octanol–water partition coefficient (Wildman–Crippen LogP) is -0.846. The number of aliphatic carboxylic acids is 1. The molecule has 3 aromatic heterocycles. The Morgan fingerprint density at radius 1 is 1.37 bits per heavy atom. The summed E-state index contributed by atoms with van der Waals surface area (Å²) in [5, 5.41) is 17.5. The maximum atomic E-state index is 13.0. The molecule has 14 nitrogen and oxygen atoms in total. The Bertz CT molecular complexity index is 1560. The number of amides is 3. The third-order valence-corrected chi connectivity index (χ3v) is 7.99. The number of carboxylic acids is 1. The number of hydrogen-bond donors (Lipinski definition) is 4. The second kappa shape index (κ2) is 9.79. The Morgan fingerprint density at radius 3 is 2.82 bits per heavy atom. The molecule has 0 aliphatic carbocycles. The van der Waals surface area contributed by atoms with Crippen LogP contribution in [-0.2, 0) is 25.8 Å². The van der Waals surface area contributed by atoms with Gasteiger partial charge in [0.25, 0.3) is 17.7 Å². The van der Waals surface area contributed by atoms with E-state index in [4.69, 9.17) is 16.3 Å². The number of carbonyl (C=O) groups excluding carboxylic acids is 3. The van der Waals surface area contributed by atoms with E-state index >= 15 is 0 Å². The van der Waals surface area contributed by atoms with Crippen molar-refractivity contribution < 1.29 is 33.7 Å². The van der Waals surface area contributed by atoms with Gasteiger partial charge in [0.05, 0.1) is 6.20 Å². The quantitative estimate of drug-likeness (QED) is 0.118. The molecule has 3 amide bonds. The van der Waals surface area contributed by atoms with Crippen LogP contribution in [0.15, 0.2) is 52.5 Å². The number of oxime groups is 1. The van der Waals surface area contributed by atoms with Crippen molar-refractivity contribution in [1.29, 1.82) is 0 Å². The zero-order chi connectivity index (χ0) is 27.1. The van der Waals surface area contributed by atoms with Crippen molar-refractivity contribution >= 4 is 63.1 Å². The minimum absolute atomic E-state index is 0.122. The predicted molar refractivity (Wildman–Crippen MR) is 136 cm³/mol. The third-order valence-electron chi connectivity index (χ3n) is 5.98. The van der Waals surface area contributed by atoms with Gasteiger partial charge in [0.15, 0.2) is 29.8 Å². The molecule has 196 valence electrons. The molecule has 6 N–H and O–H groups in total. The molecular weight excluding hydrogens is 536 g/mol. The van der Waals surface area contributed by atoms with Gasteiger partial charge in [-0.3, -0.25) is 19.3 Å². The molecule has 0 saturated carbocycles. The first-order valence-electron chi connectivity index (χ1n) is 11.0. The van der Waals surface area contributed by atoms with E-state index in [2.05, 4.69) is 15.5 Å². The van der Waals surface area contributed by atoms with Gasteiger partial charge in [-0.1, -0.05) is 5.16 Å². The molecule has 2 atom stereocenters. The van der Waals surface area contributed by atoms with Gasteiger partial charge in [-0.05, 0) is 12.1 Å². The molecule has 5 rings (SSSR count). The average Bonchev–Trinajstić information content (AvgIpc) is 3.51. The van der Waals surface area contributed by atoms with Gasteiger partial charge in [0, 0.05) is 16.7 Å². The fraction of sp³-hybridized carbons (Fsp3) is 0.227. The maximum absolute atomic E-state index is 13.0. The summed E-state index contributed by atoms with van der Waals surface area (Å²) >= 11 is 2.45. The minimum Gasteiger partial charge on any atom is -0.477 e. The van der Waals surface area contributed by atoms with Crippen molar-refractivity contribution in [2.24, 2.45) is 10.9 Å². The number of fused-ring (bicyclic) bond motifs is 2. The zero-order valence-electron chi connectivity index (χ0n) is 19.7. The van der Waals surface area contributed by atoms with Crippen LogP contribution in [0.25, 0.3) is 5.52 Å². The Morgan fingerprint density at radius 2 is 2.16 bits per heavy atom. The fourth-order valence-electron chi connectivity index (χ4n) is 4.33. The molecule has 2 aliphatic heterocycles. The molecule has 2 aliphatic rings. The standard InChI is InChI=1S/C22H20N8O6S2/c1-36-27-14(12-9-38-22(24)25-12)18(32)26-15-19(33)30-16(21(34)35)10(8-37-20(15)30)6-28-4-5-29-11(7-28)2-3-13(29)17(23)31/h2-5,7,9,15,20H,6,8H2,1H3,(H5-,23,24,25,26,31,32,34,35)/p+1/b27-14-/t15-,20-/m1/s1. The van der Waals surface area contributed by atoms with E-state index in [0.29, 0.717) is 22.5 Å². The van der Waals surface area contributed by atoms with Crippen LogP contribution in [0.2, 0.25) is 0 Å². The molecule has 1 fully saturated rings. The van der Waals surface area contributed by atoms with Crippen LogP contribution in [-0.4, -0.2) is 73.1 Å². The third kappa shape index (κ3) is 4.32. The van der Waals surface area contributed by atoms with Crippen molar-refractivity contribution in [3.8, 4) is 0 Å². The van der Waals surface area contributed by atoms with Gasteiger partial charge >= 0.3 is 5.97 Å². The first-order chi connectivity index (χ1) is 18.2. The lowest BCUT2D eigenvalue weighted by atomic mass is 10.0. The van der Waals surface area contributed by atoms with E-state index in [1.165, 1.54) is 29.2 Å². The summed E-state index contributed by atoms with van der Waals surface area (Å²) in [5.74, 6) is -2.76. The lowest BCUT2D eigenvalue weighted by Crippen LogP contribution is -2.71. The molecule has 0 aromatic carbocycles. The summed E-state index contributed by atoms with van der Waals surface area (Å²) in [7, 11) is 1.27. The molecule has 0 bridgehead atoms. The van der Waals surface area contributed by atoms with Crippen molar-refractivity contribution in [3.05, 3.63) is 58.8 Å². The highest BCUT2D eigenvalue weighted by Gasteiger charge is 2.54. The van der Waals surface area contributed by atoms with Crippen LogP contribution in [0, 0.1) is 0 Å². The maximum Gasteiger partial charge on any atom is 0.352 e. The number of nitrogens with one attached hydrogen (secondary N) is 1. The number of carboxylic acid groups (broad SMARTS) is 1. The first-order valence-corrected chi connectivity index (χ1v) is 13.0. The second-order valence-corrected chi connectivity index (χ2v) is 10.3. The molecule has 38 heavy (non-hydrogen) atoms. The number of hydrogen-bond acceptors (Lipinski definition) is 10. The van der Waals surface area contributed by atoms with Gasteiger partial charge in [-0.25, -0.2) is 9.78 Å². The SMILES string of the molecule is CO/N=C(\C(=O)N[C@@H]1C(=O)N2C(C(=O)O)=C(C[n+]3ccn4c(C(N)=O)ccc4c3)CS[C@H]12)c1csc(N)n1. The number of carbonyl (C=O) groups is 4. The van der Waals surface area contributed by atoms with Crippen molar-refractivity contribution in [1.82, 2.24) is 19.6 Å². The molecule has 0 spiro atoms. The Hall–Kier alpha value is -4.44. The van der Waals surface area contributed by atoms with E-state index in [0.717, 1.165) is 11.3 Å². The molecule has 0 radical (unpaired) electrons. The van der Waals surface area contributed by atoms with Crippen molar-refractivity contribution in [2.45, 2.75) is 18.0 Å². The van der Waals surface area contributed by atoms with Gasteiger partial charge in [-0.2, -0.15) is 4.57 Å². The number of rotatable bonds is 8. The van der Waals surface area contributed by atoms with Gasteiger partial charge in [-0.15, -0.1) is 23.1 Å². The molecule has 5 heterocycles. The largest absolute Gasteiger partial charge is 0.477 e. The van der Waals surface area contributed by atoms with E-state index in [1.54, 1.807) is 39.7 Å². The summed E-state index contributed by atoms with van der Waals surface area (Å²) in [4.78, 5) is 59.7. The number of anilines is 1. The summed E-state index contributed by atoms with van der Waals surface area (Å²) in [6.07, 6.45) is 5.09. The molecule has 1 saturated heterocycles. The topological polar surface area (TPSA) is 199 Å². The number of primary amides is 1. The highest BCUT2D eigenvalue weighted by Crippen LogP contribution is 2.40. The van der Waals surface area contributed by atoms with Crippen LogP contribution in [0.1, 0.15) is 16.2 Å². The number of nitrogens with two attached hydrogens (primary N) is 2. The lowest BCUT2D eigenvalue weighted by Gasteiger charge is -2.49.